The fraction of sp³-hybridized carbons (Fsp3) is 0.500. The maximum absolute atomic E-state index is 12.9. The van der Waals surface area contributed by atoms with Crippen molar-refractivity contribution in [3.8, 4) is 5.75 Å². The molecule has 144 valence electrons. The number of hydrogen-bond donors (Lipinski definition) is 1. The van der Waals surface area contributed by atoms with E-state index >= 15 is 0 Å². The zero-order valence-corrected chi connectivity index (χ0v) is 17.1. The molecule has 1 aromatic carbocycles. The van der Waals surface area contributed by atoms with Gasteiger partial charge in [-0.15, -0.1) is 0 Å². The number of amides is 2. The van der Waals surface area contributed by atoms with Crippen LogP contribution in [-0.4, -0.2) is 40.4 Å². The Morgan fingerprint density at radius 2 is 2.07 bits per heavy atom. The second-order valence-electron chi connectivity index (χ2n) is 7.35. The smallest absolute Gasteiger partial charge is 0.317 e. The Morgan fingerprint density at radius 3 is 2.81 bits per heavy atom. The number of nitrogens with one attached hydrogen (secondary N) is 1. The van der Waals surface area contributed by atoms with E-state index < -0.39 is 0 Å². The first-order chi connectivity index (χ1) is 13.1. The molecule has 1 aromatic heterocycles. The van der Waals surface area contributed by atoms with Crippen LogP contribution in [-0.2, 0) is 7.05 Å². The zero-order chi connectivity index (χ0) is 18.8. The Labute approximate surface area is 168 Å². The van der Waals surface area contributed by atoms with E-state index in [0.29, 0.717) is 12.5 Å². The van der Waals surface area contributed by atoms with Gasteiger partial charge in [-0.2, -0.15) is 5.10 Å². The lowest BCUT2D eigenvalue weighted by molar-refractivity contribution is 0.176. The molecular weight excluding hydrogens is 408 g/mol. The van der Waals surface area contributed by atoms with Crippen LogP contribution >= 0.6 is 15.9 Å². The third-order valence-corrected chi connectivity index (χ3v) is 5.97. The third kappa shape index (κ3) is 4.13. The van der Waals surface area contributed by atoms with Crippen LogP contribution in [0, 0.1) is 0 Å². The second kappa shape index (κ2) is 7.92. The van der Waals surface area contributed by atoms with Gasteiger partial charge in [-0.25, -0.2) is 4.79 Å². The summed E-state index contributed by atoms with van der Waals surface area (Å²) in [5.41, 5.74) is 2.19. The molecule has 2 aromatic rings. The summed E-state index contributed by atoms with van der Waals surface area (Å²) in [5, 5.41) is 7.76. The highest BCUT2D eigenvalue weighted by Crippen LogP contribution is 2.34. The molecule has 1 atom stereocenters. The van der Waals surface area contributed by atoms with Crippen molar-refractivity contribution in [1.29, 1.82) is 0 Å². The molecule has 1 N–H and O–H groups in total. The molecule has 7 heteroatoms. The number of hydrogen-bond acceptors (Lipinski definition) is 3. The van der Waals surface area contributed by atoms with Crippen LogP contribution < -0.4 is 10.1 Å². The van der Waals surface area contributed by atoms with Gasteiger partial charge in [0.15, 0.2) is 0 Å². The van der Waals surface area contributed by atoms with Crippen LogP contribution in [0.2, 0.25) is 0 Å². The number of piperidine rings is 1. The van der Waals surface area contributed by atoms with Gasteiger partial charge in [0.2, 0.25) is 0 Å². The molecule has 1 unspecified atom stereocenters. The van der Waals surface area contributed by atoms with Gasteiger partial charge in [0.1, 0.15) is 5.75 Å². The van der Waals surface area contributed by atoms with Crippen molar-refractivity contribution in [3.63, 3.8) is 0 Å². The van der Waals surface area contributed by atoms with Crippen molar-refractivity contribution in [3.05, 3.63) is 46.2 Å². The Hall–Kier alpha value is -2.02. The van der Waals surface area contributed by atoms with Crippen molar-refractivity contribution >= 4 is 22.0 Å². The molecular formula is C20H25BrN4O2. The number of likely N-dealkylation sites (tertiary alicyclic amines) is 1. The summed E-state index contributed by atoms with van der Waals surface area (Å²) < 4.78 is 8.68. The highest BCUT2D eigenvalue weighted by atomic mass is 79.9. The summed E-state index contributed by atoms with van der Waals surface area (Å²) in [4.78, 5) is 14.8. The fourth-order valence-corrected chi connectivity index (χ4v) is 4.35. The summed E-state index contributed by atoms with van der Waals surface area (Å²) in [6.45, 7) is 2.22. The molecule has 6 nitrogen and oxygen atoms in total. The van der Waals surface area contributed by atoms with Gasteiger partial charge in [0, 0.05) is 42.3 Å². The molecule has 2 amide bonds. The Bertz CT molecular complexity index is 814. The average Bonchev–Trinajstić information content (AvgIpc) is 3.02. The first-order valence-corrected chi connectivity index (χ1v) is 10.4. The fourth-order valence-electron chi connectivity index (χ4n) is 3.97. The number of rotatable bonds is 2. The number of carbonyl (C=O) groups excluding carboxylic acids is 1. The van der Waals surface area contributed by atoms with Crippen LogP contribution in [0.15, 0.2) is 34.9 Å². The topological polar surface area (TPSA) is 59.4 Å². The molecule has 0 spiro atoms. The van der Waals surface area contributed by atoms with Gasteiger partial charge in [0.05, 0.1) is 18.3 Å². The number of urea groups is 1. The van der Waals surface area contributed by atoms with E-state index in [2.05, 4.69) is 38.5 Å². The predicted molar refractivity (Wildman–Crippen MR) is 107 cm³/mol. The molecule has 0 saturated carbocycles. The van der Waals surface area contributed by atoms with Gasteiger partial charge in [-0.1, -0.05) is 15.9 Å². The monoisotopic (exact) mass is 432 g/mol. The maximum atomic E-state index is 12.9. The highest BCUT2D eigenvalue weighted by molar-refractivity contribution is 9.10. The van der Waals surface area contributed by atoms with Crippen molar-refractivity contribution in [2.45, 2.75) is 37.6 Å². The van der Waals surface area contributed by atoms with Crippen molar-refractivity contribution in [1.82, 2.24) is 20.0 Å². The van der Waals surface area contributed by atoms with E-state index in [1.54, 1.807) is 0 Å². The van der Waals surface area contributed by atoms with Crippen LogP contribution in [0.3, 0.4) is 0 Å². The Morgan fingerprint density at radius 1 is 1.26 bits per heavy atom. The van der Waals surface area contributed by atoms with Crippen molar-refractivity contribution < 1.29 is 9.53 Å². The van der Waals surface area contributed by atoms with Crippen LogP contribution in [0.1, 0.15) is 48.9 Å². The predicted octanol–water partition coefficient (Wildman–Crippen LogP) is 3.99. The Balaban J connectivity index is 1.39. The molecule has 27 heavy (non-hydrogen) atoms. The molecule has 2 aliphatic heterocycles. The Kier molecular flexibility index (Phi) is 5.38. The molecule has 1 saturated heterocycles. The molecule has 3 heterocycles. The maximum Gasteiger partial charge on any atom is 0.317 e. The van der Waals surface area contributed by atoms with E-state index in [4.69, 9.17) is 4.74 Å². The van der Waals surface area contributed by atoms with E-state index in [1.165, 1.54) is 0 Å². The van der Waals surface area contributed by atoms with Crippen LogP contribution in [0.5, 0.6) is 5.75 Å². The summed E-state index contributed by atoms with van der Waals surface area (Å²) in [6.07, 6.45) is 5.72. The standard InChI is InChI=1S/C20H25BrN4O2/c1-24-9-8-17(23-24)14-6-10-25(11-7-14)20(26)22-18-3-2-12-27-19-5-4-15(21)13-16(18)19/h4-5,8-9,13-14,18H,2-3,6-7,10-12H2,1H3,(H,22,26). The van der Waals surface area contributed by atoms with E-state index in [1.807, 2.05) is 35.0 Å². The van der Waals surface area contributed by atoms with Crippen molar-refractivity contribution in [2.75, 3.05) is 19.7 Å². The zero-order valence-electron chi connectivity index (χ0n) is 15.5. The molecule has 0 radical (unpaired) electrons. The number of fused-ring (bicyclic) bond motifs is 1. The summed E-state index contributed by atoms with van der Waals surface area (Å²) in [7, 11) is 1.94. The largest absolute Gasteiger partial charge is 0.493 e. The number of nitrogens with zero attached hydrogens (tertiary/aromatic N) is 3. The second-order valence-corrected chi connectivity index (χ2v) is 8.27. The minimum Gasteiger partial charge on any atom is -0.493 e. The van der Waals surface area contributed by atoms with Gasteiger partial charge < -0.3 is 15.0 Å². The number of benzene rings is 1. The van der Waals surface area contributed by atoms with Crippen LogP contribution in [0.4, 0.5) is 4.79 Å². The number of halogens is 1. The van der Waals surface area contributed by atoms with Gasteiger partial charge in [-0.05, 0) is 49.9 Å². The third-order valence-electron chi connectivity index (χ3n) is 5.47. The summed E-state index contributed by atoms with van der Waals surface area (Å²) in [5.74, 6) is 1.31. The highest BCUT2D eigenvalue weighted by Gasteiger charge is 2.28. The summed E-state index contributed by atoms with van der Waals surface area (Å²) in [6, 6.07) is 8.10. The average molecular weight is 433 g/mol. The minimum atomic E-state index is -0.0130. The number of carbonyl (C=O) groups is 1. The first kappa shape index (κ1) is 18.3. The van der Waals surface area contributed by atoms with Gasteiger partial charge in [-0.3, -0.25) is 4.68 Å². The van der Waals surface area contributed by atoms with E-state index in [9.17, 15) is 4.79 Å². The summed E-state index contributed by atoms with van der Waals surface area (Å²) >= 11 is 3.53. The molecule has 4 rings (SSSR count). The van der Waals surface area contributed by atoms with Crippen molar-refractivity contribution in [2.24, 2.45) is 7.05 Å². The minimum absolute atomic E-state index is 0.0130. The SMILES string of the molecule is Cn1ccc(C2CCN(C(=O)NC3CCCOc4ccc(Br)cc43)CC2)n1. The van der Waals surface area contributed by atoms with E-state index in [-0.39, 0.29) is 12.1 Å². The van der Waals surface area contributed by atoms with Gasteiger partial charge >= 0.3 is 6.03 Å². The lowest BCUT2D eigenvalue weighted by Gasteiger charge is -2.32. The lowest BCUT2D eigenvalue weighted by Crippen LogP contribution is -2.45. The number of aromatic nitrogens is 2. The molecule has 2 aliphatic rings. The number of aryl methyl sites for hydroxylation is 1. The molecule has 1 fully saturated rings. The first-order valence-electron chi connectivity index (χ1n) is 9.57. The van der Waals surface area contributed by atoms with E-state index in [0.717, 1.165) is 60.3 Å². The normalized spacial score (nSPS) is 20.5. The molecule has 0 bridgehead atoms. The quantitative estimate of drug-likeness (QED) is 0.780. The van der Waals surface area contributed by atoms with Gasteiger partial charge in [0.25, 0.3) is 0 Å². The van der Waals surface area contributed by atoms with Crippen LogP contribution in [0.25, 0.3) is 0 Å². The number of ether oxygens (including phenoxy) is 1. The lowest BCUT2D eigenvalue weighted by atomic mass is 9.94. The molecule has 0 aliphatic carbocycles.